The molecule has 3 aliphatic heterocycles. The first-order valence-electron chi connectivity index (χ1n) is 12.9. The van der Waals surface area contributed by atoms with Crippen LogP contribution in [0.3, 0.4) is 0 Å². The molecule has 0 unspecified atom stereocenters. The van der Waals surface area contributed by atoms with Gasteiger partial charge in [-0.1, -0.05) is 24.3 Å². The molecule has 2 atom stereocenters. The maximum absolute atomic E-state index is 13.5. The summed E-state index contributed by atoms with van der Waals surface area (Å²) in [5, 5.41) is 1.18. The van der Waals surface area contributed by atoms with Crippen molar-refractivity contribution >= 4 is 54.7 Å². The number of imide groups is 1. The second-order valence-corrected chi connectivity index (χ2v) is 13.9. The van der Waals surface area contributed by atoms with E-state index >= 15 is 0 Å². The van der Waals surface area contributed by atoms with Crippen molar-refractivity contribution in [2.75, 3.05) is 36.5 Å². The first kappa shape index (κ1) is 25.1. The van der Waals surface area contributed by atoms with E-state index in [1.54, 1.807) is 28.4 Å². The van der Waals surface area contributed by atoms with Gasteiger partial charge in [0.2, 0.25) is 5.91 Å². The van der Waals surface area contributed by atoms with E-state index in [2.05, 4.69) is 18.2 Å². The van der Waals surface area contributed by atoms with Gasteiger partial charge >= 0.3 is 0 Å². The average Bonchev–Trinajstić information content (AvgIpc) is 3.56. The summed E-state index contributed by atoms with van der Waals surface area (Å²) in [5.41, 5.74) is 1.29. The Balaban J connectivity index is 1.19. The van der Waals surface area contributed by atoms with Crippen molar-refractivity contribution in [3.8, 4) is 0 Å². The van der Waals surface area contributed by atoms with Gasteiger partial charge < -0.3 is 9.80 Å². The number of thiophene rings is 1. The van der Waals surface area contributed by atoms with Crippen LogP contribution in [-0.2, 0) is 21.2 Å². The fourth-order valence-corrected chi connectivity index (χ4v) is 8.81. The second-order valence-electron chi connectivity index (χ2n) is 10.5. The molecule has 0 spiro atoms. The Bertz CT molecular complexity index is 1530. The van der Waals surface area contributed by atoms with E-state index in [1.165, 1.54) is 10.1 Å². The predicted molar refractivity (Wildman–Crippen MR) is 147 cm³/mol. The van der Waals surface area contributed by atoms with Crippen LogP contribution in [0.4, 0.5) is 5.69 Å². The summed E-state index contributed by atoms with van der Waals surface area (Å²) in [6, 6.07) is 14.9. The quantitative estimate of drug-likeness (QED) is 0.450. The third-order valence-corrected chi connectivity index (χ3v) is 10.7. The van der Waals surface area contributed by atoms with Crippen molar-refractivity contribution in [2.24, 2.45) is 5.92 Å². The molecule has 0 bridgehead atoms. The number of carbonyl (C=O) groups excluding carboxylic acids is 3. The number of benzene rings is 2. The predicted octanol–water partition coefficient (Wildman–Crippen LogP) is 3.56. The van der Waals surface area contributed by atoms with Crippen molar-refractivity contribution in [2.45, 2.75) is 31.8 Å². The Morgan fingerprint density at radius 3 is 2.66 bits per heavy atom. The highest BCUT2D eigenvalue weighted by Crippen LogP contribution is 2.37. The van der Waals surface area contributed by atoms with Crippen molar-refractivity contribution in [1.29, 1.82) is 0 Å². The van der Waals surface area contributed by atoms with Crippen LogP contribution in [-0.4, -0.2) is 73.6 Å². The zero-order chi connectivity index (χ0) is 26.6. The topological polar surface area (TPSA) is 95.1 Å². The van der Waals surface area contributed by atoms with Gasteiger partial charge in [0.25, 0.3) is 11.8 Å². The number of hydrogen-bond acceptors (Lipinski definition) is 7. The van der Waals surface area contributed by atoms with Gasteiger partial charge in [-0.2, -0.15) is 0 Å². The summed E-state index contributed by atoms with van der Waals surface area (Å²) in [4.78, 5) is 46.2. The molecule has 6 rings (SSSR count). The SMILES string of the molecule is CN(Cc1cc2ccccc2s1)C(=O)[C@@H]1CCCN(c2cccc3c2C(=O)N([C@@H]2CCS(=O)(=O)C2)C3=O)C1. The van der Waals surface area contributed by atoms with Crippen LogP contribution in [0.2, 0.25) is 0 Å². The van der Waals surface area contributed by atoms with Crippen LogP contribution < -0.4 is 4.90 Å². The van der Waals surface area contributed by atoms with Gasteiger partial charge in [0.05, 0.1) is 46.8 Å². The molecule has 10 heteroatoms. The van der Waals surface area contributed by atoms with Gasteiger partial charge in [-0.25, -0.2) is 8.42 Å². The molecule has 4 heterocycles. The monoisotopic (exact) mass is 551 g/mol. The average molecular weight is 552 g/mol. The molecule has 0 N–H and O–H groups in total. The second kappa shape index (κ2) is 9.50. The maximum Gasteiger partial charge on any atom is 0.263 e. The number of piperidine rings is 1. The Kier molecular flexibility index (Phi) is 6.26. The van der Waals surface area contributed by atoms with Crippen molar-refractivity contribution < 1.29 is 22.8 Å². The minimum atomic E-state index is -3.25. The lowest BCUT2D eigenvalue weighted by atomic mass is 9.95. The zero-order valence-electron chi connectivity index (χ0n) is 21.1. The van der Waals surface area contributed by atoms with Gasteiger partial charge in [0.15, 0.2) is 9.84 Å². The minimum Gasteiger partial charge on any atom is -0.370 e. The minimum absolute atomic E-state index is 0.0111. The number of carbonyl (C=O) groups is 3. The van der Waals surface area contributed by atoms with E-state index in [9.17, 15) is 22.8 Å². The molecule has 2 aromatic carbocycles. The summed E-state index contributed by atoms with van der Waals surface area (Å²) in [6.45, 7) is 1.69. The molecule has 3 aliphatic rings. The third-order valence-electron chi connectivity index (χ3n) is 7.85. The molecule has 8 nitrogen and oxygen atoms in total. The van der Waals surface area contributed by atoms with E-state index in [0.29, 0.717) is 36.4 Å². The first-order valence-corrected chi connectivity index (χ1v) is 15.5. The summed E-state index contributed by atoms with van der Waals surface area (Å²) in [7, 11) is -1.42. The van der Waals surface area contributed by atoms with Crippen LogP contribution in [0.25, 0.3) is 10.1 Å². The molecule has 0 aliphatic carbocycles. The van der Waals surface area contributed by atoms with E-state index in [-0.39, 0.29) is 29.8 Å². The Labute approximate surface area is 225 Å². The molecule has 1 aromatic heterocycles. The zero-order valence-corrected chi connectivity index (χ0v) is 22.8. The number of amides is 3. The summed E-state index contributed by atoms with van der Waals surface area (Å²) < 4.78 is 25.2. The lowest BCUT2D eigenvalue weighted by Crippen LogP contribution is -2.44. The van der Waals surface area contributed by atoms with Gasteiger partial charge in [-0.15, -0.1) is 11.3 Å². The van der Waals surface area contributed by atoms with E-state index in [0.717, 1.165) is 22.6 Å². The number of fused-ring (bicyclic) bond motifs is 2. The number of hydrogen-bond donors (Lipinski definition) is 0. The van der Waals surface area contributed by atoms with Gasteiger partial charge in [-0.3, -0.25) is 19.3 Å². The van der Waals surface area contributed by atoms with Crippen LogP contribution in [0.1, 0.15) is 44.9 Å². The molecule has 3 amide bonds. The lowest BCUT2D eigenvalue weighted by molar-refractivity contribution is -0.135. The summed E-state index contributed by atoms with van der Waals surface area (Å²) in [5.74, 6) is -1.20. The van der Waals surface area contributed by atoms with Crippen molar-refractivity contribution in [1.82, 2.24) is 9.80 Å². The Morgan fingerprint density at radius 2 is 1.89 bits per heavy atom. The van der Waals surface area contributed by atoms with Crippen LogP contribution in [0.15, 0.2) is 48.5 Å². The molecule has 38 heavy (non-hydrogen) atoms. The molecule has 0 saturated carbocycles. The first-order chi connectivity index (χ1) is 18.2. The van der Waals surface area contributed by atoms with Gasteiger partial charge in [-0.05, 0) is 48.9 Å². The lowest BCUT2D eigenvalue weighted by Gasteiger charge is -2.36. The van der Waals surface area contributed by atoms with Gasteiger partial charge in [0.1, 0.15) is 0 Å². The molecule has 2 saturated heterocycles. The van der Waals surface area contributed by atoms with Crippen molar-refractivity contribution in [3.05, 3.63) is 64.5 Å². The number of rotatable bonds is 5. The van der Waals surface area contributed by atoms with Crippen molar-refractivity contribution in [3.63, 3.8) is 0 Å². The van der Waals surface area contributed by atoms with Crippen LogP contribution in [0, 0.1) is 5.92 Å². The fraction of sp³-hybridized carbons (Fsp3) is 0.393. The number of anilines is 1. The molecule has 2 fully saturated rings. The molecular weight excluding hydrogens is 522 g/mol. The molecular formula is C28H29N3O5S2. The molecule has 198 valence electrons. The van der Waals surface area contributed by atoms with E-state index in [1.807, 2.05) is 30.1 Å². The number of sulfone groups is 1. The van der Waals surface area contributed by atoms with Crippen LogP contribution in [0.5, 0.6) is 0 Å². The van der Waals surface area contributed by atoms with Gasteiger partial charge in [0, 0.05) is 29.7 Å². The summed E-state index contributed by atoms with van der Waals surface area (Å²) >= 11 is 1.70. The number of nitrogens with zero attached hydrogens (tertiary/aromatic N) is 3. The van der Waals surface area contributed by atoms with E-state index in [4.69, 9.17) is 0 Å². The molecule has 3 aromatic rings. The molecule has 0 radical (unpaired) electrons. The maximum atomic E-state index is 13.5. The Morgan fingerprint density at radius 1 is 1.08 bits per heavy atom. The van der Waals surface area contributed by atoms with E-state index < -0.39 is 27.7 Å². The highest BCUT2D eigenvalue weighted by atomic mass is 32.2. The normalized spacial score (nSPS) is 22.8. The third kappa shape index (κ3) is 4.39. The standard InChI is InChI=1S/C28H29N3O5S2/c1-29(16-21-14-18-6-2-3-10-24(18)37-21)26(32)19-7-5-12-30(15-19)23-9-4-8-22-25(23)28(34)31(27(22)33)20-11-13-38(35,36)17-20/h2-4,6,8-10,14,19-20H,5,7,11-13,15-17H2,1H3/t19-,20-/m1/s1. The fourth-order valence-electron chi connectivity index (χ4n) is 6.00. The highest BCUT2D eigenvalue weighted by molar-refractivity contribution is 7.91. The van der Waals surface area contributed by atoms with Crippen LogP contribution >= 0.6 is 11.3 Å². The smallest absolute Gasteiger partial charge is 0.263 e. The summed E-state index contributed by atoms with van der Waals surface area (Å²) in [6.07, 6.45) is 1.83. The largest absolute Gasteiger partial charge is 0.370 e. The highest BCUT2D eigenvalue weighted by Gasteiger charge is 2.46. The Hall–Kier alpha value is -3.24.